The minimum absolute atomic E-state index is 0.0676. The highest BCUT2D eigenvalue weighted by Gasteiger charge is 2.41. The summed E-state index contributed by atoms with van der Waals surface area (Å²) in [6, 6.07) is 4.09. The number of hydrogen-bond acceptors (Lipinski definition) is 3. The van der Waals surface area contributed by atoms with Crippen LogP contribution in [0.4, 0.5) is 13.2 Å². The highest BCUT2D eigenvalue weighted by atomic mass is 32.2. The molecule has 1 aromatic carbocycles. The summed E-state index contributed by atoms with van der Waals surface area (Å²) < 4.78 is 38.4. The second kappa shape index (κ2) is 8.54. The second-order valence-corrected chi connectivity index (χ2v) is 8.46. The molecule has 0 unspecified atom stereocenters. The molecule has 0 aromatic heterocycles. The summed E-state index contributed by atoms with van der Waals surface area (Å²) in [5.41, 5.74) is -0.145. The number of halogens is 3. The lowest BCUT2D eigenvalue weighted by Gasteiger charge is -2.33. The van der Waals surface area contributed by atoms with Gasteiger partial charge in [0, 0.05) is 6.04 Å². The predicted octanol–water partition coefficient (Wildman–Crippen LogP) is 4.22. The van der Waals surface area contributed by atoms with Crippen LogP contribution in [0.2, 0.25) is 0 Å². The van der Waals surface area contributed by atoms with E-state index in [0.717, 1.165) is 12.1 Å². The Morgan fingerprint density at radius 3 is 2.30 bits per heavy atom. The van der Waals surface area contributed by atoms with E-state index in [1.165, 1.54) is 28.8 Å². The number of hydrogen-bond donors (Lipinski definition) is 1. The first-order chi connectivity index (χ1) is 12.5. The van der Waals surface area contributed by atoms with Gasteiger partial charge >= 0.3 is 6.18 Å². The van der Waals surface area contributed by atoms with E-state index in [4.69, 9.17) is 0 Å². The number of rotatable bonds is 6. The van der Waals surface area contributed by atoms with Gasteiger partial charge in [0.2, 0.25) is 11.8 Å². The third-order valence-electron chi connectivity index (χ3n) is 4.19. The van der Waals surface area contributed by atoms with Gasteiger partial charge in [0.1, 0.15) is 11.4 Å². The Hall–Kier alpha value is -1.70. The smallest absolute Gasteiger partial charge is 0.352 e. The third kappa shape index (κ3) is 5.40. The first-order valence-electron chi connectivity index (χ1n) is 8.91. The molecule has 1 aliphatic rings. The van der Waals surface area contributed by atoms with Crippen molar-refractivity contribution < 1.29 is 22.8 Å². The Morgan fingerprint density at radius 2 is 1.81 bits per heavy atom. The number of amides is 2. The monoisotopic (exact) mass is 402 g/mol. The van der Waals surface area contributed by atoms with Crippen molar-refractivity contribution in [2.45, 2.75) is 57.7 Å². The lowest BCUT2D eigenvalue weighted by molar-refractivity contribution is -0.139. The fourth-order valence-electron chi connectivity index (χ4n) is 3.04. The number of carbonyl (C=O) groups is 2. The van der Waals surface area contributed by atoms with Crippen LogP contribution >= 0.6 is 11.8 Å². The quantitative estimate of drug-likeness (QED) is 0.775. The summed E-state index contributed by atoms with van der Waals surface area (Å²) >= 11 is 1.33. The summed E-state index contributed by atoms with van der Waals surface area (Å²) in [5, 5.41) is 2.38. The fourth-order valence-corrected chi connectivity index (χ4v) is 4.27. The van der Waals surface area contributed by atoms with Gasteiger partial charge in [-0.1, -0.05) is 26.0 Å². The minimum atomic E-state index is -4.41. The van der Waals surface area contributed by atoms with E-state index in [1.807, 2.05) is 27.7 Å². The van der Waals surface area contributed by atoms with Gasteiger partial charge in [-0.3, -0.25) is 9.59 Å². The number of nitrogens with one attached hydrogen (secondary N) is 1. The van der Waals surface area contributed by atoms with Crippen molar-refractivity contribution in [2.75, 3.05) is 5.75 Å². The zero-order valence-electron chi connectivity index (χ0n) is 15.8. The van der Waals surface area contributed by atoms with Gasteiger partial charge in [0.15, 0.2) is 0 Å². The Labute approximate surface area is 161 Å². The largest absolute Gasteiger partial charge is 0.416 e. The van der Waals surface area contributed by atoms with Crippen molar-refractivity contribution in [3.63, 3.8) is 0 Å². The first kappa shape index (κ1) is 21.6. The first-order valence-corrected chi connectivity index (χ1v) is 9.96. The molecule has 2 atom stereocenters. The molecule has 0 saturated carbocycles. The molecule has 8 heteroatoms. The van der Waals surface area contributed by atoms with Crippen molar-refractivity contribution in [2.24, 2.45) is 5.92 Å². The molecule has 1 heterocycles. The van der Waals surface area contributed by atoms with Crippen LogP contribution < -0.4 is 5.32 Å². The topological polar surface area (TPSA) is 49.4 Å². The molecule has 2 amide bonds. The summed E-state index contributed by atoms with van der Waals surface area (Å²) in [7, 11) is 0. The van der Waals surface area contributed by atoms with E-state index in [2.05, 4.69) is 5.32 Å². The Morgan fingerprint density at radius 1 is 1.22 bits per heavy atom. The van der Waals surface area contributed by atoms with Gasteiger partial charge in [0.05, 0.1) is 11.3 Å². The normalized spacial score (nSPS) is 19.1. The molecule has 0 bridgehead atoms. The average molecular weight is 402 g/mol. The number of benzene rings is 1. The highest BCUT2D eigenvalue weighted by molar-refractivity contribution is 8.00. The van der Waals surface area contributed by atoms with Crippen LogP contribution in [0.1, 0.15) is 50.6 Å². The summed E-state index contributed by atoms with van der Waals surface area (Å²) in [5.74, 6) is -0.0182. The maximum Gasteiger partial charge on any atom is 0.416 e. The van der Waals surface area contributed by atoms with Gasteiger partial charge in [0.25, 0.3) is 0 Å². The molecule has 2 rings (SSSR count). The van der Waals surface area contributed by atoms with Gasteiger partial charge in [-0.25, -0.2) is 0 Å². The van der Waals surface area contributed by atoms with Crippen molar-refractivity contribution in [1.29, 1.82) is 0 Å². The maximum absolute atomic E-state index is 12.8. The summed E-state index contributed by atoms with van der Waals surface area (Å²) in [6.07, 6.45) is -3.92. The lowest BCUT2D eigenvalue weighted by atomic mass is 10.00. The number of carbonyl (C=O) groups excluding carboxylic acids is 2. The van der Waals surface area contributed by atoms with E-state index < -0.39 is 23.2 Å². The van der Waals surface area contributed by atoms with Crippen molar-refractivity contribution >= 4 is 23.6 Å². The molecule has 1 aromatic rings. The van der Waals surface area contributed by atoms with Crippen LogP contribution in [0.3, 0.4) is 0 Å². The van der Waals surface area contributed by atoms with Crippen LogP contribution in [0.5, 0.6) is 0 Å². The number of thioether (sulfide) groups is 1. The van der Waals surface area contributed by atoms with Crippen LogP contribution in [0.25, 0.3) is 0 Å². The molecule has 27 heavy (non-hydrogen) atoms. The van der Waals surface area contributed by atoms with E-state index in [1.54, 1.807) is 0 Å². The third-order valence-corrected chi connectivity index (χ3v) is 5.42. The zero-order chi connectivity index (χ0) is 20.4. The van der Waals surface area contributed by atoms with Crippen molar-refractivity contribution in [1.82, 2.24) is 10.2 Å². The molecule has 0 radical (unpaired) electrons. The molecular formula is C19H25F3N2O2S. The summed E-state index contributed by atoms with van der Waals surface area (Å²) in [4.78, 5) is 26.8. The molecule has 0 spiro atoms. The molecule has 1 N–H and O–H groups in total. The number of alkyl halides is 3. The SMILES string of the molecule is CC(C)C[C@@H](C(=O)NC(C)C)N1C(=O)CS[C@@H]1c1ccc(C(F)(F)F)cc1. The van der Waals surface area contributed by atoms with Gasteiger partial charge in [-0.15, -0.1) is 11.8 Å². The van der Waals surface area contributed by atoms with E-state index in [-0.39, 0.29) is 29.5 Å². The molecule has 1 saturated heterocycles. The Balaban J connectivity index is 2.32. The van der Waals surface area contributed by atoms with Crippen molar-refractivity contribution in [3.05, 3.63) is 35.4 Å². The fraction of sp³-hybridized carbons (Fsp3) is 0.579. The highest BCUT2D eigenvalue weighted by Crippen LogP contribution is 2.42. The van der Waals surface area contributed by atoms with E-state index in [0.29, 0.717) is 12.0 Å². The van der Waals surface area contributed by atoms with Gasteiger partial charge in [-0.2, -0.15) is 13.2 Å². The Bertz CT molecular complexity index is 675. The lowest BCUT2D eigenvalue weighted by Crippen LogP contribution is -2.50. The van der Waals surface area contributed by atoms with Gasteiger partial charge in [-0.05, 0) is 43.9 Å². The van der Waals surface area contributed by atoms with Crippen LogP contribution in [-0.2, 0) is 15.8 Å². The predicted molar refractivity (Wildman–Crippen MR) is 100 cm³/mol. The minimum Gasteiger partial charge on any atom is -0.352 e. The number of nitrogens with zero attached hydrogens (tertiary/aromatic N) is 1. The Kier molecular flexibility index (Phi) is 6.83. The average Bonchev–Trinajstić information content (AvgIpc) is 2.92. The van der Waals surface area contributed by atoms with E-state index >= 15 is 0 Å². The van der Waals surface area contributed by atoms with E-state index in [9.17, 15) is 22.8 Å². The molecule has 4 nitrogen and oxygen atoms in total. The van der Waals surface area contributed by atoms with Crippen LogP contribution in [0.15, 0.2) is 24.3 Å². The van der Waals surface area contributed by atoms with Crippen molar-refractivity contribution in [3.8, 4) is 0 Å². The molecule has 0 aliphatic carbocycles. The van der Waals surface area contributed by atoms with Crippen LogP contribution in [0, 0.1) is 5.92 Å². The molecule has 150 valence electrons. The maximum atomic E-state index is 12.8. The second-order valence-electron chi connectivity index (χ2n) is 7.39. The molecule has 1 fully saturated rings. The zero-order valence-corrected chi connectivity index (χ0v) is 16.7. The molecular weight excluding hydrogens is 377 g/mol. The van der Waals surface area contributed by atoms with Crippen LogP contribution in [-0.4, -0.2) is 34.6 Å². The van der Waals surface area contributed by atoms with Gasteiger partial charge < -0.3 is 10.2 Å². The summed E-state index contributed by atoms with van der Waals surface area (Å²) in [6.45, 7) is 7.63. The molecule has 1 aliphatic heterocycles. The standard InChI is InChI=1S/C19H25F3N2O2S/c1-11(2)9-15(17(26)23-12(3)4)24-16(25)10-27-18(24)13-5-7-14(8-6-13)19(20,21)22/h5-8,11-12,15,18H,9-10H2,1-4H3,(H,23,26)/t15-,18+/m0/s1.